The average Bonchev–Trinajstić information content (AvgIpc) is 3.20. The van der Waals surface area contributed by atoms with Gasteiger partial charge in [-0.15, -0.1) is 0 Å². The topological polar surface area (TPSA) is 15.3 Å². The maximum atomic E-state index is 3.94. The molecule has 4 rings (SSSR count). The van der Waals surface area contributed by atoms with E-state index in [-0.39, 0.29) is 0 Å². The number of hydrogen-bond donors (Lipinski definition) is 1. The lowest BCUT2D eigenvalue weighted by Crippen LogP contribution is -2.43. The van der Waals surface area contributed by atoms with E-state index in [4.69, 9.17) is 0 Å². The van der Waals surface area contributed by atoms with Gasteiger partial charge in [-0.2, -0.15) is 0 Å². The summed E-state index contributed by atoms with van der Waals surface area (Å²) < 4.78 is 0. The lowest BCUT2D eigenvalue weighted by Gasteiger charge is -2.33. The summed E-state index contributed by atoms with van der Waals surface area (Å²) in [6, 6.07) is 1.76. The van der Waals surface area contributed by atoms with Crippen molar-refractivity contribution in [2.75, 3.05) is 20.1 Å². The number of rotatable bonds is 5. The minimum Gasteiger partial charge on any atom is -0.312 e. The molecule has 0 saturated heterocycles. The second kappa shape index (κ2) is 5.61. The van der Waals surface area contributed by atoms with Crippen LogP contribution in [0.4, 0.5) is 0 Å². The van der Waals surface area contributed by atoms with E-state index in [9.17, 15) is 0 Å². The fraction of sp³-hybridized carbons (Fsp3) is 1.00. The molecule has 0 amide bonds. The Kier molecular flexibility index (Phi) is 3.80. The largest absolute Gasteiger partial charge is 0.312 e. The molecule has 5 unspecified atom stereocenters. The van der Waals surface area contributed by atoms with Gasteiger partial charge in [0.15, 0.2) is 0 Å². The Morgan fingerprint density at radius 2 is 1.70 bits per heavy atom. The van der Waals surface area contributed by atoms with Gasteiger partial charge < -0.3 is 10.2 Å². The number of hydrogen-bond acceptors (Lipinski definition) is 2. The maximum absolute atomic E-state index is 3.94. The average molecular weight is 276 g/mol. The number of likely N-dealkylation sites (N-methyl/N-ethyl adjacent to an activating group) is 1. The first kappa shape index (κ1) is 13.6. The van der Waals surface area contributed by atoms with Crippen LogP contribution in [-0.4, -0.2) is 37.1 Å². The van der Waals surface area contributed by atoms with Crippen molar-refractivity contribution in [2.45, 2.75) is 69.9 Å². The Balaban J connectivity index is 1.23. The number of fused-ring (bicyclic) bond motifs is 5. The molecule has 0 aromatic rings. The Labute approximate surface area is 124 Å². The molecule has 2 nitrogen and oxygen atoms in total. The molecular formula is C18H32N2. The quantitative estimate of drug-likeness (QED) is 0.829. The predicted molar refractivity (Wildman–Crippen MR) is 83.7 cm³/mol. The van der Waals surface area contributed by atoms with Crippen LogP contribution in [0.2, 0.25) is 0 Å². The Hall–Kier alpha value is -0.0800. The highest BCUT2D eigenvalue weighted by Gasteiger charge is 2.53. The van der Waals surface area contributed by atoms with E-state index >= 15 is 0 Å². The van der Waals surface area contributed by atoms with E-state index in [1.807, 2.05) is 0 Å². The Morgan fingerprint density at radius 1 is 0.900 bits per heavy atom. The lowest BCUT2D eigenvalue weighted by atomic mass is 9.79. The molecule has 0 spiro atoms. The first-order valence-corrected chi connectivity index (χ1v) is 9.26. The molecule has 0 aliphatic heterocycles. The van der Waals surface area contributed by atoms with Crippen LogP contribution < -0.4 is 5.32 Å². The molecule has 0 radical (unpaired) electrons. The van der Waals surface area contributed by atoms with Crippen LogP contribution in [0.25, 0.3) is 0 Å². The van der Waals surface area contributed by atoms with Crippen molar-refractivity contribution in [3.05, 3.63) is 0 Å². The third-order valence-electron chi connectivity index (χ3n) is 7.25. The summed E-state index contributed by atoms with van der Waals surface area (Å²) in [4.78, 5) is 2.62. The summed E-state index contributed by atoms with van der Waals surface area (Å²) >= 11 is 0. The van der Waals surface area contributed by atoms with Gasteiger partial charge >= 0.3 is 0 Å². The molecule has 20 heavy (non-hydrogen) atoms. The summed E-state index contributed by atoms with van der Waals surface area (Å²) in [5.74, 6) is 4.39. The van der Waals surface area contributed by atoms with Crippen LogP contribution >= 0.6 is 0 Å². The van der Waals surface area contributed by atoms with Gasteiger partial charge in [-0.1, -0.05) is 19.3 Å². The molecule has 0 heterocycles. The van der Waals surface area contributed by atoms with Gasteiger partial charge in [-0.05, 0) is 69.2 Å². The van der Waals surface area contributed by atoms with Gasteiger partial charge in [0, 0.05) is 25.2 Å². The molecule has 4 fully saturated rings. The van der Waals surface area contributed by atoms with E-state index in [1.54, 1.807) is 19.3 Å². The Morgan fingerprint density at radius 3 is 2.55 bits per heavy atom. The molecule has 2 heteroatoms. The molecule has 4 saturated carbocycles. The smallest absolute Gasteiger partial charge is 0.0107 e. The van der Waals surface area contributed by atoms with E-state index in [2.05, 4.69) is 17.3 Å². The standard InChI is InChI=1S/C18H32N2/c1-20(14-5-2-3-6-14)10-9-19-18-12-13-11-17(18)16-8-4-7-15(13)16/h13-19H,2-12H2,1H3. The second-order valence-electron chi connectivity index (χ2n) is 8.13. The van der Waals surface area contributed by atoms with Crippen molar-refractivity contribution < 1.29 is 0 Å². The summed E-state index contributed by atoms with van der Waals surface area (Å²) in [5, 5.41) is 3.94. The predicted octanol–water partition coefficient (Wildman–Crippen LogP) is 3.28. The highest BCUT2D eigenvalue weighted by molar-refractivity contribution is 5.05. The van der Waals surface area contributed by atoms with Crippen molar-refractivity contribution in [3.8, 4) is 0 Å². The highest BCUT2D eigenvalue weighted by Crippen LogP contribution is 2.58. The van der Waals surface area contributed by atoms with Crippen LogP contribution in [0.5, 0.6) is 0 Å². The van der Waals surface area contributed by atoms with Crippen LogP contribution in [0.15, 0.2) is 0 Å². The summed E-state index contributed by atoms with van der Waals surface area (Å²) in [5.41, 5.74) is 0. The zero-order valence-corrected chi connectivity index (χ0v) is 13.2. The van der Waals surface area contributed by atoms with Crippen LogP contribution in [0.3, 0.4) is 0 Å². The fourth-order valence-corrected chi connectivity index (χ4v) is 6.26. The van der Waals surface area contributed by atoms with E-state index in [0.29, 0.717) is 0 Å². The number of nitrogens with zero attached hydrogens (tertiary/aromatic N) is 1. The molecule has 2 bridgehead atoms. The SMILES string of the molecule is CN(CCNC1CC2CC1C1CCCC21)C1CCCC1. The lowest BCUT2D eigenvalue weighted by molar-refractivity contribution is 0.195. The third kappa shape index (κ3) is 2.33. The normalized spacial score (nSPS) is 43.8. The van der Waals surface area contributed by atoms with Crippen molar-refractivity contribution in [3.63, 3.8) is 0 Å². The molecule has 4 aliphatic carbocycles. The van der Waals surface area contributed by atoms with Crippen LogP contribution in [-0.2, 0) is 0 Å². The Bertz CT molecular complexity index is 336. The molecule has 5 atom stereocenters. The van der Waals surface area contributed by atoms with Gasteiger partial charge in [0.2, 0.25) is 0 Å². The summed E-state index contributed by atoms with van der Waals surface area (Å²) in [6.45, 7) is 2.48. The zero-order chi connectivity index (χ0) is 13.5. The minimum absolute atomic E-state index is 0.872. The van der Waals surface area contributed by atoms with Crippen LogP contribution in [0, 0.1) is 23.7 Å². The van der Waals surface area contributed by atoms with E-state index < -0.39 is 0 Å². The molecular weight excluding hydrogens is 244 g/mol. The van der Waals surface area contributed by atoms with Gasteiger partial charge in [0.25, 0.3) is 0 Å². The second-order valence-corrected chi connectivity index (χ2v) is 8.13. The highest BCUT2D eigenvalue weighted by atomic mass is 15.1. The monoisotopic (exact) mass is 276 g/mol. The van der Waals surface area contributed by atoms with Crippen molar-refractivity contribution in [2.24, 2.45) is 23.7 Å². The van der Waals surface area contributed by atoms with Gasteiger partial charge in [0.05, 0.1) is 0 Å². The van der Waals surface area contributed by atoms with E-state index in [0.717, 1.165) is 35.8 Å². The van der Waals surface area contributed by atoms with Crippen molar-refractivity contribution >= 4 is 0 Å². The van der Waals surface area contributed by atoms with Gasteiger partial charge in [0.1, 0.15) is 0 Å². The molecule has 114 valence electrons. The molecule has 0 aromatic heterocycles. The van der Waals surface area contributed by atoms with Gasteiger partial charge in [-0.3, -0.25) is 0 Å². The van der Waals surface area contributed by atoms with Crippen LogP contribution in [0.1, 0.15) is 57.8 Å². The van der Waals surface area contributed by atoms with Crippen molar-refractivity contribution in [1.82, 2.24) is 10.2 Å². The number of nitrogens with one attached hydrogen (secondary N) is 1. The minimum atomic E-state index is 0.872. The zero-order valence-electron chi connectivity index (χ0n) is 13.2. The van der Waals surface area contributed by atoms with E-state index in [1.165, 1.54) is 51.6 Å². The molecule has 4 aliphatic rings. The third-order valence-corrected chi connectivity index (χ3v) is 7.25. The summed E-state index contributed by atoms with van der Waals surface area (Å²) in [7, 11) is 2.34. The summed E-state index contributed by atoms with van der Waals surface area (Å²) in [6.07, 6.45) is 13.5. The first-order chi connectivity index (χ1) is 9.83. The van der Waals surface area contributed by atoms with Gasteiger partial charge in [-0.25, -0.2) is 0 Å². The maximum Gasteiger partial charge on any atom is 0.0107 e. The van der Waals surface area contributed by atoms with Crippen molar-refractivity contribution in [1.29, 1.82) is 0 Å². The molecule has 1 N–H and O–H groups in total. The fourth-order valence-electron chi connectivity index (χ4n) is 6.26. The first-order valence-electron chi connectivity index (χ1n) is 9.26. The molecule has 0 aromatic carbocycles.